The van der Waals surface area contributed by atoms with Gasteiger partial charge in [-0.05, 0) is 36.4 Å². The van der Waals surface area contributed by atoms with E-state index in [1.54, 1.807) is 0 Å². The fraction of sp³-hybridized carbons (Fsp3) is 0. The van der Waals surface area contributed by atoms with E-state index in [2.05, 4.69) is 20.0 Å². The predicted octanol–water partition coefficient (Wildman–Crippen LogP) is 6.32. The molecule has 0 amide bonds. The second-order valence-electron chi connectivity index (χ2n) is 10.9. The zero-order chi connectivity index (χ0) is 34.4. The molecule has 3 aliphatic rings. The number of amidine groups is 2. The van der Waals surface area contributed by atoms with Crippen LogP contribution in [0.2, 0.25) is 0 Å². The van der Waals surface area contributed by atoms with Gasteiger partial charge in [-0.3, -0.25) is 8.96 Å². The minimum atomic E-state index is -2.51. The van der Waals surface area contributed by atoms with E-state index < -0.39 is 111 Å². The summed E-state index contributed by atoms with van der Waals surface area (Å²) in [6.07, 6.45) is 0. The lowest BCUT2D eigenvalue weighted by Crippen LogP contribution is -2.52. The molecule has 2 aromatic heterocycles. The number of fused-ring (bicyclic) bond motifs is 10. The molecule has 0 spiro atoms. The molecule has 6 aromatic rings. The number of nitrogens with zero attached hydrogens (tertiary/aromatic N) is 6. The minimum absolute atomic E-state index is 0.183. The number of halogens is 11. The summed E-state index contributed by atoms with van der Waals surface area (Å²) in [4.78, 5) is 17.4. The second-order valence-corrected chi connectivity index (χ2v) is 10.9. The normalized spacial score (nSPS) is 15.9. The van der Waals surface area contributed by atoms with Crippen molar-refractivity contribution in [3.05, 3.63) is 122 Å². The summed E-state index contributed by atoms with van der Waals surface area (Å²) in [5.41, 5.74) is -1.29. The molecule has 242 valence electrons. The number of benzene rings is 4. The molecule has 0 aliphatic carbocycles. The number of aromatic nitrogens is 2. The molecule has 0 saturated heterocycles. The van der Waals surface area contributed by atoms with Gasteiger partial charge in [-0.2, -0.15) is 8.78 Å². The average Bonchev–Trinajstić information content (AvgIpc) is 3.65. The second kappa shape index (κ2) is 9.54. The van der Waals surface area contributed by atoms with E-state index in [9.17, 15) is 39.5 Å². The molecule has 0 N–H and O–H groups in total. The van der Waals surface area contributed by atoms with Crippen molar-refractivity contribution in [3.8, 4) is 5.75 Å². The molecule has 0 radical (unpaired) electrons. The molecule has 0 fully saturated rings. The average molecular weight is 686 g/mol. The van der Waals surface area contributed by atoms with Gasteiger partial charge in [0.15, 0.2) is 52.3 Å². The van der Waals surface area contributed by atoms with Crippen LogP contribution in [-0.2, 0) is 0 Å². The summed E-state index contributed by atoms with van der Waals surface area (Å²) < 4.78 is 168. The molecule has 0 atom stereocenters. The summed E-state index contributed by atoms with van der Waals surface area (Å²) in [6.45, 7) is 0. The van der Waals surface area contributed by atoms with Gasteiger partial charge in [-0.25, -0.2) is 59.5 Å². The SMILES string of the molecule is Fc1cc2c(cc1F)/C1=N/c3c4cc(F)c(F)cc4c4n3B(Oc3c(F)c(F)c(F)c(F)c3F)n3c(c5cc(F)c(F)cc5/c3=N/C2=N1)=N4. The smallest absolute Gasteiger partial charge is 0.518 e. The highest BCUT2D eigenvalue weighted by atomic mass is 19.2. The van der Waals surface area contributed by atoms with Crippen molar-refractivity contribution < 1.29 is 52.9 Å². The van der Waals surface area contributed by atoms with Gasteiger partial charge in [0.25, 0.3) is 0 Å². The van der Waals surface area contributed by atoms with Crippen LogP contribution < -0.4 is 15.6 Å². The molecule has 4 aromatic carbocycles. The zero-order valence-electron chi connectivity index (χ0n) is 23.3. The Bertz CT molecular complexity index is 2760. The molecule has 0 unspecified atom stereocenters. The third-order valence-corrected chi connectivity index (χ3v) is 8.22. The summed E-state index contributed by atoms with van der Waals surface area (Å²) in [5, 5.41) is -1.10. The van der Waals surface area contributed by atoms with Crippen LogP contribution in [0.4, 0.5) is 59.9 Å². The Morgan fingerprint density at radius 2 is 0.837 bits per heavy atom. The molecule has 3 aliphatic heterocycles. The van der Waals surface area contributed by atoms with Crippen LogP contribution in [0.15, 0.2) is 56.4 Å². The molecule has 7 nitrogen and oxygen atoms in total. The van der Waals surface area contributed by atoms with Gasteiger partial charge in [0.2, 0.25) is 29.1 Å². The first kappa shape index (κ1) is 29.2. The van der Waals surface area contributed by atoms with E-state index in [4.69, 9.17) is 4.65 Å². The van der Waals surface area contributed by atoms with Crippen molar-refractivity contribution in [2.45, 2.75) is 0 Å². The van der Waals surface area contributed by atoms with Crippen LogP contribution in [0.25, 0.3) is 21.5 Å². The first-order chi connectivity index (χ1) is 23.3. The maximum atomic E-state index is 15.1. The molecular weight excluding hydrogens is 680 g/mol. The van der Waals surface area contributed by atoms with Crippen LogP contribution in [0.1, 0.15) is 11.1 Å². The molecule has 49 heavy (non-hydrogen) atoms. The molecular formula is C30H6BF11N6O. The van der Waals surface area contributed by atoms with Crippen LogP contribution in [-0.4, -0.2) is 27.8 Å². The van der Waals surface area contributed by atoms with Crippen molar-refractivity contribution in [1.29, 1.82) is 0 Å². The van der Waals surface area contributed by atoms with Gasteiger partial charge in [-0.1, -0.05) is 0 Å². The lowest BCUT2D eigenvalue weighted by Gasteiger charge is -2.23. The van der Waals surface area contributed by atoms with Crippen molar-refractivity contribution in [2.75, 3.05) is 0 Å². The maximum Gasteiger partial charge on any atom is 0.633 e. The van der Waals surface area contributed by atoms with Crippen molar-refractivity contribution in [1.82, 2.24) is 8.96 Å². The van der Waals surface area contributed by atoms with E-state index in [0.29, 0.717) is 36.4 Å². The summed E-state index contributed by atoms with van der Waals surface area (Å²) in [6, 6.07) is 4.00. The third kappa shape index (κ3) is 3.74. The van der Waals surface area contributed by atoms with Gasteiger partial charge in [-0.15, -0.1) is 0 Å². The predicted molar refractivity (Wildman–Crippen MR) is 148 cm³/mol. The van der Waals surface area contributed by atoms with E-state index >= 15 is 8.78 Å². The largest absolute Gasteiger partial charge is 0.633 e. The van der Waals surface area contributed by atoms with E-state index in [0.717, 1.165) is 8.96 Å². The van der Waals surface area contributed by atoms with Crippen molar-refractivity contribution in [3.63, 3.8) is 0 Å². The Balaban J connectivity index is 1.52. The highest BCUT2D eigenvalue weighted by Gasteiger charge is 2.43. The van der Waals surface area contributed by atoms with Gasteiger partial charge < -0.3 is 4.65 Å². The summed E-state index contributed by atoms with van der Waals surface area (Å²) >= 11 is 0. The van der Waals surface area contributed by atoms with Crippen LogP contribution >= 0.6 is 0 Å². The summed E-state index contributed by atoms with van der Waals surface area (Å²) in [5.74, 6) is -24.1. The highest BCUT2D eigenvalue weighted by molar-refractivity contribution is 6.52. The van der Waals surface area contributed by atoms with Crippen LogP contribution in [0, 0.1) is 64.0 Å². The fourth-order valence-corrected chi connectivity index (χ4v) is 6.05. The van der Waals surface area contributed by atoms with Crippen LogP contribution in [0.3, 0.4) is 0 Å². The van der Waals surface area contributed by atoms with Gasteiger partial charge in [0.1, 0.15) is 22.6 Å². The van der Waals surface area contributed by atoms with E-state index in [-0.39, 0.29) is 32.7 Å². The Labute approximate surface area is 262 Å². The monoisotopic (exact) mass is 686 g/mol. The molecule has 0 saturated carbocycles. The Kier molecular flexibility index (Phi) is 5.68. The highest BCUT2D eigenvalue weighted by Crippen LogP contribution is 2.43. The van der Waals surface area contributed by atoms with Crippen molar-refractivity contribution >= 4 is 52.0 Å². The lowest BCUT2D eigenvalue weighted by molar-refractivity contribution is 0.344. The first-order valence-corrected chi connectivity index (χ1v) is 13.7. The Morgan fingerprint density at radius 3 is 1.37 bits per heavy atom. The Hall–Kier alpha value is -6.01. The number of hydrogen-bond donors (Lipinski definition) is 0. The fourth-order valence-electron chi connectivity index (χ4n) is 6.05. The molecule has 19 heteroatoms. The van der Waals surface area contributed by atoms with E-state index in [1.807, 2.05) is 0 Å². The van der Waals surface area contributed by atoms with Gasteiger partial charge in [0, 0.05) is 32.7 Å². The topological polar surface area (TPSA) is 68.5 Å². The third-order valence-electron chi connectivity index (χ3n) is 8.22. The number of aliphatic imine (C=N–C) groups is 2. The zero-order valence-corrected chi connectivity index (χ0v) is 23.3. The molecule has 5 heterocycles. The first-order valence-electron chi connectivity index (χ1n) is 13.7. The quantitative estimate of drug-likeness (QED) is 0.0911. The number of rotatable bonds is 2. The number of hydrogen-bond acceptors (Lipinski definition) is 5. The van der Waals surface area contributed by atoms with Crippen molar-refractivity contribution in [2.24, 2.45) is 20.0 Å². The maximum absolute atomic E-state index is 15.1. The van der Waals surface area contributed by atoms with Gasteiger partial charge in [0.05, 0.1) is 0 Å². The standard InChI is InChI=1S/C30H6BF11N6O/c32-13-1-7-8(2-14(13)33)26-43-25(7)44-27-9-3-15(34)17(36)5-11(9)29-46-30-12-6-18(37)16(35)4-10(12)28(45-26)48(30)31(47(27)29)49-24-22(41)20(39)19(38)21(40)23(24)42/h1-6H/b44-25-,44-27?,45-26?,45-28-. The minimum Gasteiger partial charge on any atom is -0.518 e. The molecule has 9 rings (SSSR count). The van der Waals surface area contributed by atoms with Crippen LogP contribution in [0.5, 0.6) is 5.75 Å². The lowest BCUT2D eigenvalue weighted by atomic mass is 9.98. The van der Waals surface area contributed by atoms with Gasteiger partial charge >= 0.3 is 7.19 Å². The Morgan fingerprint density at radius 1 is 0.429 bits per heavy atom. The summed E-state index contributed by atoms with van der Waals surface area (Å²) in [7, 11) is -2.22. The molecule has 4 bridgehead atoms. The van der Waals surface area contributed by atoms with E-state index in [1.165, 1.54) is 0 Å².